The highest BCUT2D eigenvalue weighted by molar-refractivity contribution is 5.71. The number of rotatable bonds is 10. The van der Waals surface area contributed by atoms with Crippen LogP contribution in [0, 0.1) is 6.92 Å². The first-order chi connectivity index (χ1) is 15.2. The third-order valence-corrected chi connectivity index (χ3v) is 5.79. The summed E-state index contributed by atoms with van der Waals surface area (Å²) < 4.78 is 22.1. The van der Waals surface area contributed by atoms with E-state index in [0.29, 0.717) is 25.4 Å². The Labute approximate surface area is 183 Å². The lowest BCUT2D eigenvalue weighted by Crippen LogP contribution is -2.02. The lowest BCUT2D eigenvalue weighted by atomic mass is 9.99. The molecule has 160 valence electrons. The molecule has 4 nitrogen and oxygen atoms in total. The summed E-state index contributed by atoms with van der Waals surface area (Å²) in [5.41, 5.74) is 5.93. The Morgan fingerprint density at radius 3 is 1.71 bits per heavy atom. The van der Waals surface area contributed by atoms with Gasteiger partial charge in [-0.05, 0) is 59.0 Å². The van der Waals surface area contributed by atoms with Crippen LogP contribution in [0.15, 0.2) is 66.7 Å². The minimum atomic E-state index is 0.407. The molecule has 31 heavy (non-hydrogen) atoms. The first kappa shape index (κ1) is 20.1. The molecular formula is C27H28O4. The van der Waals surface area contributed by atoms with Crippen molar-refractivity contribution in [3.63, 3.8) is 0 Å². The van der Waals surface area contributed by atoms with Gasteiger partial charge in [0.2, 0.25) is 0 Å². The second-order valence-corrected chi connectivity index (χ2v) is 8.27. The maximum Gasteiger partial charge on any atom is 0.122 e. The van der Waals surface area contributed by atoms with Crippen molar-refractivity contribution < 1.29 is 18.9 Å². The monoisotopic (exact) mass is 416 g/mol. The molecule has 0 amide bonds. The van der Waals surface area contributed by atoms with Crippen LogP contribution in [0.1, 0.15) is 18.4 Å². The summed E-state index contributed by atoms with van der Waals surface area (Å²) in [5.74, 6) is 1.86. The summed E-state index contributed by atoms with van der Waals surface area (Å²) >= 11 is 0. The molecule has 2 aliphatic rings. The molecule has 2 saturated heterocycles. The molecule has 5 rings (SSSR count). The van der Waals surface area contributed by atoms with Crippen molar-refractivity contribution in [1.29, 1.82) is 0 Å². The van der Waals surface area contributed by atoms with Gasteiger partial charge in [0.05, 0.1) is 38.6 Å². The van der Waals surface area contributed by atoms with Crippen molar-refractivity contribution in [3.05, 3.63) is 72.3 Å². The van der Waals surface area contributed by atoms with Gasteiger partial charge < -0.3 is 18.9 Å². The Morgan fingerprint density at radius 1 is 0.677 bits per heavy atom. The van der Waals surface area contributed by atoms with Crippen molar-refractivity contribution in [2.24, 2.45) is 0 Å². The van der Waals surface area contributed by atoms with Gasteiger partial charge in [-0.25, -0.2) is 0 Å². The minimum Gasteiger partial charge on any atom is -0.493 e. The van der Waals surface area contributed by atoms with E-state index in [1.807, 2.05) is 12.1 Å². The maximum atomic E-state index is 5.91. The lowest BCUT2D eigenvalue weighted by molar-refractivity contribution is 0.281. The van der Waals surface area contributed by atoms with E-state index in [9.17, 15) is 0 Å². The summed E-state index contributed by atoms with van der Waals surface area (Å²) in [6.45, 7) is 5.27. The zero-order chi connectivity index (χ0) is 21.0. The van der Waals surface area contributed by atoms with Gasteiger partial charge in [-0.15, -0.1) is 0 Å². The van der Waals surface area contributed by atoms with Crippen LogP contribution in [0.2, 0.25) is 0 Å². The number of aryl methyl sites for hydroxylation is 1. The van der Waals surface area contributed by atoms with Crippen LogP contribution >= 0.6 is 0 Å². The van der Waals surface area contributed by atoms with Crippen molar-refractivity contribution in [2.75, 3.05) is 26.4 Å². The highest BCUT2D eigenvalue weighted by Gasteiger charge is 2.22. The fourth-order valence-corrected chi connectivity index (χ4v) is 3.67. The van der Waals surface area contributed by atoms with Gasteiger partial charge in [0.15, 0.2) is 0 Å². The fourth-order valence-electron chi connectivity index (χ4n) is 3.67. The summed E-state index contributed by atoms with van der Waals surface area (Å²) in [5, 5.41) is 0. The molecule has 0 saturated carbocycles. The summed E-state index contributed by atoms with van der Waals surface area (Å²) in [6.07, 6.45) is 2.74. The minimum absolute atomic E-state index is 0.407. The van der Waals surface area contributed by atoms with Gasteiger partial charge in [-0.2, -0.15) is 0 Å². The Hall–Kier alpha value is -2.82. The van der Waals surface area contributed by atoms with Crippen LogP contribution in [0.4, 0.5) is 0 Å². The predicted octanol–water partition coefficient (Wildman–Crippen LogP) is 5.66. The van der Waals surface area contributed by atoms with Gasteiger partial charge in [0, 0.05) is 12.8 Å². The van der Waals surface area contributed by atoms with E-state index in [2.05, 4.69) is 61.5 Å². The Kier molecular flexibility index (Phi) is 5.92. The highest BCUT2D eigenvalue weighted by Crippen LogP contribution is 2.29. The van der Waals surface area contributed by atoms with E-state index in [1.54, 1.807) is 0 Å². The first-order valence-electron chi connectivity index (χ1n) is 11.0. The lowest BCUT2D eigenvalue weighted by Gasteiger charge is -2.11. The van der Waals surface area contributed by atoms with Crippen molar-refractivity contribution in [1.82, 2.24) is 0 Å². The predicted molar refractivity (Wildman–Crippen MR) is 122 cm³/mol. The molecule has 4 heteroatoms. The molecule has 0 aromatic heterocycles. The molecule has 3 aromatic rings. The number of epoxide rings is 2. The number of hydrogen-bond acceptors (Lipinski definition) is 4. The number of benzene rings is 3. The Balaban J connectivity index is 1.20. The van der Waals surface area contributed by atoms with E-state index < -0.39 is 0 Å². The number of hydrogen-bond donors (Lipinski definition) is 0. The number of ether oxygens (including phenoxy) is 4. The van der Waals surface area contributed by atoms with Gasteiger partial charge in [0.25, 0.3) is 0 Å². The average Bonchev–Trinajstić information content (AvgIpc) is 3.72. The van der Waals surface area contributed by atoms with Crippen molar-refractivity contribution >= 4 is 0 Å². The normalized spacial score (nSPS) is 19.1. The topological polar surface area (TPSA) is 43.5 Å². The molecule has 2 heterocycles. The molecular weight excluding hydrogens is 388 g/mol. The van der Waals surface area contributed by atoms with Crippen molar-refractivity contribution in [3.8, 4) is 33.8 Å². The highest BCUT2D eigenvalue weighted by atomic mass is 16.6. The maximum absolute atomic E-state index is 5.91. The molecule has 2 fully saturated rings. The second-order valence-electron chi connectivity index (χ2n) is 8.27. The van der Waals surface area contributed by atoms with Crippen LogP contribution in [0.3, 0.4) is 0 Å². The summed E-state index contributed by atoms with van der Waals surface area (Å²) in [7, 11) is 0. The Morgan fingerprint density at radius 2 is 1.16 bits per heavy atom. The van der Waals surface area contributed by atoms with E-state index in [4.69, 9.17) is 18.9 Å². The fraction of sp³-hybridized carbons (Fsp3) is 0.333. The van der Waals surface area contributed by atoms with Crippen LogP contribution in [0.5, 0.6) is 11.5 Å². The van der Waals surface area contributed by atoms with Crippen LogP contribution < -0.4 is 9.47 Å². The van der Waals surface area contributed by atoms with Gasteiger partial charge in [-0.1, -0.05) is 42.5 Å². The van der Waals surface area contributed by atoms with Crippen molar-refractivity contribution in [2.45, 2.75) is 32.0 Å². The zero-order valence-corrected chi connectivity index (χ0v) is 17.9. The van der Waals surface area contributed by atoms with Gasteiger partial charge in [-0.3, -0.25) is 0 Å². The summed E-state index contributed by atoms with van der Waals surface area (Å²) in [6, 6.07) is 23.4. The third kappa shape index (κ3) is 5.46. The van der Waals surface area contributed by atoms with E-state index in [-0.39, 0.29) is 0 Å². The molecule has 2 unspecified atom stereocenters. The molecule has 2 atom stereocenters. The van der Waals surface area contributed by atoms with Crippen LogP contribution in [-0.2, 0) is 9.47 Å². The standard InChI is InChI=1S/C27H28O4/c1-19-16-23(8-11-27(19)29-15-13-26-18-31-26)22-4-2-20(3-5-22)21-6-9-24(10-7-21)28-14-12-25-17-30-25/h2-11,16,25-26H,12-15,17-18H2,1H3. The van der Waals surface area contributed by atoms with E-state index in [0.717, 1.165) is 43.1 Å². The largest absolute Gasteiger partial charge is 0.493 e. The Bertz CT molecular complexity index is 1000. The second kappa shape index (κ2) is 9.13. The molecule has 0 radical (unpaired) electrons. The molecule has 0 bridgehead atoms. The molecule has 2 aliphatic heterocycles. The third-order valence-electron chi connectivity index (χ3n) is 5.79. The molecule has 0 N–H and O–H groups in total. The molecule has 3 aromatic carbocycles. The SMILES string of the molecule is Cc1cc(-c2ccc(-c3ccc(OCCC4CO4)cc3)cc2)ccc1OCCC1CO1. The first-order valence-corrected chi connectivity index (χ1v) is 11.0. The van der Waals surface area contributed by atoms with Gasteiger partial charge >= 0.3 is 0 Å². The quantitative estimate of drug-likeness (QED) is 0.400. The molecule has 0 aliphatic carbocycles. The zero-order valence-electron chi connectivity index (χ0n) is 17.9. The van der Waals surface area contributed by atoms with E-state index >= 15 is 0 Å². The van der Waals surface area contributed by atoms with Crippen LogP contribution in [-0.4, -0.2) is 38.6 Å². The van der Waals surface area contributed by atoms with Crippen LogP contribution in [0.25, 0.3) is 22.3 Å². The molecule has 0 spiro atoms. The summed E-state index contributed by atoms with van der Waals surface area (Å²) in [4.78, 5) is 0. The smallest absolute Gasteiger partial charge is 0.122 e. The average molecular weight is 417 g/mol. The van der Waals surface area contributed by atoms with E-state index in [1.165, 1.54) is 22.3 Å². The van der Waals surface area contributed by atoms with Gasteiger partial charge in [0.1, 0.15) is 11.5 Å².